The fourth-order valence-corrected chi connectivity index (χ4v) is 1.58. The van der Waals surface area contributed by atoms with Crippen molar-refractivity contribution < 1.29 is 22.8 Å². The molecule has 2 amide bonds. The van der Waals surface area contributed by atoms with E-state index in [1.807, 2.05) is 0 Å². The standard InChI is InChI=1S/C12H20F3N3O2/c1-17(2)11(20)7-18(8-12(13,14)15)10(19)5-6-16-9-3-4-9/h9,16H,3-8H2,1-2H3. The maximum absolute atomic E-state index is 12.4. The van der Waals surface area contributed by atoms with E-state index >= 15 is 0 Å². The minimum atomic E-state index is -4.51. The first-order valence-corrected chi connectivity index (χ1v) is 6.47. The number of alkyl halides is 3. The summed E-state index contributed by atoms with van der Waals surface area (Å²) < 4.78 is 37.3. The van der Waals surface area contributed by atoms with Crippen LogP contribution in [0.2, 0.25) is 0 Å². The van der Waals surface area contributed by atoms with Crippen LogP contribution in [0.4, 0.5) is 13.2 Å². The molecule has 1 fully saturated rings. The number of hydrogen-bond donors (Lipinski definition) is 1. The number of nitrogens with zero attached hydrogens (tertiary/aromatic N) is 2. The van der Waals surface area contributed by atoms with Crippen LogP contribution in [0.5, 0.6) is 0 Å². The van der Waals surface area contributed by atoms with Gasteiger partial charge in [0.05, 0.1) is 0 Å². The first-order chi connectivity index (χ1) is 9.19. The number of hydrogen-bond acceptors (Lipinski definition) is 3. The van der Waals surface area contributed by atoms with Crippen molar-refractivity contribution in [1.82, 2.24) is 15.1 Å². The Morgan fingerprint density at radius 2 is 1.80 bits per heavy atom. The smallest absolute Gasteiger partial charge is 0.347 e. The van der Waals surface area contributed by atoms with E-state index in [-0.39, 0.29) is 6.42 Å². The number of rotatable bonds is 7. The van der Waals surface area contributed by atoms with Crippen molar-refractivity contribution in [2.75, 3.05) is 33.7 Å². The first kappa shape index (κ1) is 16.7. The van der Waals surface area contributed by atoms with Gasteiger partial charge in [0.15, 0.2) is 0 Å². The lowest BCUT2D eigenvalue weighted by atomic mass is 10.3. The predicted molar refractivity (Wildman–Crippen MR) is 67.0 cm³/mol. The van der Waals surface area contributed by atoms with Gasteiger partial charge in [-0.05, 0) is 12.8 Å². The van der Waals surface area contributed by atoms with E-state index in [1.165, 1.54) is 19.0 Å². The monoisotopic (exact) mass is 295 g/mol. The van der Waals surface area contributed by atoms with Crippen molar-refractivity contribution >= 4 is 11.8 Å². The van der Waals surface area contributed by atoms with Gasteiger partial charge in [-0.2, -0.15) is 13.2 Å². The van der Waals surface area contributed by atoms with Gasteiger partial charge in [0, 0.05) is 33.1 Å². The van der Waals surface area contributed by atoms with Gasteiger partial charge in [-0.1, -0.05) is 0 Å². The van der Waals surface area contributed by atoms with Gasteiger partial charge in [-0.3, -0.25) is 9.59 Å². The Balaban J connectivity index is 2.49. The van der Waals surface area contributed by atoms with Crippen LogP contribution in [-0.2, 0) is 9.59 Å². The Morgan fingerprint density at radius 3 is 2.25 bits per heavy atom. The zero-order valence-corrected chi connectivity index (χ0v) is 11.7. The fourth-order valence-electron chi connectivity index (χ4n) is 1.58. The van der Waals surface area contributed by atoms with E-state index < -0.39 is 31.1 Å². The molecule has 0 aliphatic heterocycles. The van der Waals surface area contributed by atoms with E-state index in [0.29, 0.717) is 17.5 Å². The average molecular weight is 295 g/mol. The van der Waals surface area contributed by atoms with Gasteiger partial charge in [0.1, 0.15) is 13.1 Å². The number of carbonyl (C=O) groups excluding carboxylic acids is 2. The van der Waals surface area contributed by atoms with Gasteiger partial charge in [0.2, 0.25) is 11.8 Å². The summed E-state index contributed by atoms with van der Waals surface area (Å²) in [4.78, 5) is 25.0. The molecule has 1 N–H and O–H groups in total. The molecule has 0 unspecified atom stereocenters. The van der Waals surface area contributed by atoms with Crippen LogP contribution in [0.3, 0.4) is 0 Å². The zero-order chi connectivity index (χ0) is 15.3. The minimum Gasteiger partial charge on any atom is -0.347 e. The Kier molecular flexibility index (Phi) is 5.79. The molecule has 0 atom stereocenters. The van der Waals surface area contributed by atoms with Gasteiger partial charge in [-0.15, -0.1) is 0 Å². The third-order valence-electron chi connectivity index (χ3n) is 2.90. The predicted octanol–water partition coefficient (Wildman–Crippen LogP) is 0.608. The molecule has 0 saturated heterocycles. The highest BCUT2D eigenvalue weighted by Gasteiger charge is 2.34. The summed E-state index contributed by atoms with van der Waals surface area (Å²) in [6.07, 6.45) is -2.46. The highest BCUT2D eigenvalue weighted by atomic mass is 19.4. The molecule has 116 valence electrons. The van der Waals surface area contributed by atoms with Crippen LogP contribution in [0.1, 0.15) is 19.3 Å². The van der Waals surface area contributed by atoms with Crippen LogP contribution < -0.4 is 5.32 Å². The maximum Gasteiger partial charge on any atom is 0.406 e. The van der Waals surface area contributed by atoms with Gasteiger partial charge in [0.25, 0.3) is 0 Å². The lowest BCUT2D eigenvalue weighted by Crippen LogP contribution is -2.45. The molecular formula is C12H20F3N3O2. The van der Waals surface area contributed by atoms with Crippen LogP contribution in [0, 0.1) is 0 Å². The van der Waals surface area contributed by atoms with Crippen molar-refractivity contribution in [2.24, 2.45) is 0 Å². The number of amides is 2. The van der Waals surface area contributed by atoms with Crippen molar-refractivity contribution in [1.29, 1.82) is 0 Å². The minimum absolute atomic E-state index is 0.0344. The topological polar surface area (TPSA) is 52.7 Å². The largest absolute Gasteiger partial charge is 0.406 e. The number of likely N-dealkylation sites (N-methyl/N-ethyl adjacent to an activating group) is 1. The summed E-state index contributed by atoms with van der Waals surface area (Å²) in [5.74, 6) is -1.19. The van der Waals surface area contributed by atoms with Crippen LogP contribution in [0.25, 0.3) is 0 Å². The second-order valence-corrected chi connectivity index (χ2v) is 5.13. The first-order valence-electron chi connectivity index (χ1n) is 6.47. The molecule has 0 aromatic heterocycles. The van der Waals surface area contributed by atoms with Crippen molar-refractivity contribution in [3.05, 3.63) is 0 Å². The third-order valence-corrected chi connectivity index (χ3v) is 2.90. The van der Waals surface area contributed by atoms with Gasteiger partial charge < -0.3 is 15.1 Å². The summed E-state index contributed by atoms with van der Waals surface area (Å²) in [6, 6.07) is 0.391. The zero-order valence-electron chi connectivity index (χ0n) is 11.7. The number of halogens is 3. The summed E-state index contributed by atoms with van der Waals surface area (Å²) in [7, 11) is 2.88. The van der Waals surface area contributed by atoms with E-state index in [2.05, 4.69) is 5.32 Å². The van der Waals surface area contributed by atoms with Crippen LogP contribution >= 0.6 is 0 Å². The van der Waals surface area contributed by atoms with Gasteiger partial charge in [-0.25, -0.2) is 0 Å². The molecule has 8 heteroatoms. The Morgan fingerprint density at radius 1 is 1.20 bits per heavy atom. The third kappa shape index (κ3) is 6.74. The number of nitrogens with one attached hydrogen (secondary N) is 1. The SMILES string of the molecule is CN(C)C(=O)CN(CC(F)(F)F)C(=O)CCNC1CC1. The van der Waals surface area contributed by atoms with Gasteiger partial charge >= 0.3 is 6.18 Å². The second kappa shape index (κ2) is 6.92. The molecule has 1 aliphatic rings. The van der Waals surface area contributed by atoms with E-state index in [1.54, 1.807) is 0 Å². The van der Waals surface area contributed by atoms with Crippen molar-refractivity contribution in [3.63, 3.8) is 0 Å². The molecule has 1 rings (SSSR count). The second-order valence-electron chi connectivity index (χ2n) is 5.13. The molecule has 0 aromatic carbocycles. The molecule has 20 heavy (non-hydrogen) atoms. The maximum atomic E-state index is 12.4. The average Bonchev–Trinajstić information content (AvgIpc) is 3.09. The summed E-state index contributed by atoms with van der Waals surface area (Å²) in [5, 5.41) is 3.06. The summed E-state index contributed by atoms with van der Waals surface area (Å²) >= 11 is 0. The van der Waals surface area contributed by atoms with Crippen LogP contribution in [0.15, 0.2) is 0 Å². The highest BCUT2D eigenvalue weighted by Crippen LogP contribution is 2.19. The van der Waals surface area contributed by atoms with E-state index in [9.17, 15) is 22.8 Å². The van der Waals surface area contributed by atoms with Crippen molar-refractivity contribution in [2.45, 2.75) is 31.5 Å². The molecule has 1 aliphatic carbocycles. The Labute approximate surface area is 116 Å². The van der Waals surface area contributed by atoms with Crippen molar-refractivity contribution in [3.8, 4) is 0 Å². The molecule has 0 bridgehead atoms. The highest BCUT2D eigenvalue weighted by molar-refractivity contribution is 5.84. The normalized spacial score (nSPS) is 15.1. The molecule has 0 radical (unpaired) electrons. The molecule has 0 spiro atoms. The summed E-state index contributed by atoms with van der Waals surface area (Å²) in [5.41, 5.74) is 0. The lowest BCUT2D eigenvalue weighted by Gasteiger charge is -2.25. The molecular weight excluding hydrogens is 275 g/mol. The molecule has 0 heterocycles. The fraction of sp³-hybridized carbons (Fsp3) is 0.833. The molecule has 0 aromatic rings. The lowest BCUT2D eigenvalue weighted by molar-refractivity contribution is -0.164. The summed E-state index contributed by atoms with van der Waals surface area (Å²) in [6.45, 7) is -1.60. The Hall–Kier alpha value is -1.31. The van der Waals surface area contributed by atoms with E-state index in [4.69, 9.17) is 0 Å². The molecule has 5 nitrogen and oxygen atoms in total. The number of carbonyl (C=O) groups is 2. The Bertz CT molecular complexity index is 354. The van der Waals surface area contributed by atoms with E-state index in [0.717, 1.165) is 12.8 Å². The molecule has 1 saturated carbocycles. The van der Waals surface area contributed by atoms with Crippen LogP contribution in [-0.4, -0.2) is 67.6 Å². The quantitative estimate of drug-likeness (QED) is 0.748.